The second-order valence-corrected chi connectivity index (χ2v) is 3.81. The summed E-state index contributed by atoms with van der Waals surface area (Å²) < 4.78 is 12.8. The standard InChI is InChI=1S/C12H11FN4O2/c13-8-3-1-7(2-4-8)9(10(14)18)11(19)17-12-15-5-6-16-12/h1-6,9H,(H2,14,18)(H2,15,16,17,19). The molecule has 0 bridgehead atoms. The van der Waals surface area contributed by atoms with Crippen LogP contribution in [0.4, 0.5) is 10.3 Å². The van der Waals surface area contributed by atoms with E-state index in [2.05, 4.69) is 15.3 Å². The summed E-state index contributed by atoms with van der Waals surface area (Å²) >= 11 is 0. The van der Waals surface area contributed by atoms with E-state index in [9.17, 15) is 14.0 Å². The number of hydrogen-bond acceptors (Lipinski definition) is 3. The largest absolute Gasteiger partial charge is 0.369 e. The zero-order valence-corrected chi connectivity index (χ0v) is 9.76. The number of nitrogens with one attached hydrogen (secondary N) is 2. The van der Waals surface area contributed by atoms with E-state index in [1.807, 2.05) is 0 Å². The van der Waals surface area contributed by atoms with Gasteiger partial charge >= 0.3 is 0 Å². The number of H-pyrrole nitrogens is 1. The second kappa shape index (κ2) is 5.30. The van der Waals surface area contributed by atoms with E-state index in [-0.39, 0.29) is 5.95 Å². The van der Waals surface area contributed by atoms with Crippen LogP contribution in [0.15, 0.2) is 36.7 Å². The van der Waals surface area contributed by atoms with Crippen LogP contribution in [-0.2, 0) is 9.59 Å². The van der Waals surface area contributed by atoms with E-state index >= 15 is 0 Å². The van der Waals surface area contributed by atoms with E-state index < -0.39 is 23.5 Å². The van der Waals surface area contributed by atoms with Gasteiger partial charge in [-0.15, -0.1) is 0 Å². The Morgan fingerprint density at radius 1 is 1.32 bits per heavy atom. The minimum absolute atomic E-state index is 0.207. The molecule has 0 saturated heterocycles. The van der Waals surface area contributed by atoms with E-state index in [1.54, 1.807) is 0 Å². The molecule has 0 aliphatic heterocycles. The maximum atomic E-state index is 12.8. The first-order valence-electron chi connectivity index (χ1n) is 5.43. The Bertz CT molecular complexity index is 580. The van der Waals surface area contributed by atoms with Crippen molar-refractivity contribution in [3.63, 3.8) is 0 Å². The molecule has 19 heavy (non-hydrogen) atoms. The third-order valence-electron chi connectivity index (χ3n) is 2.49. The third-order valence-corrected chi connectivity index (χ3v) is 2.49. The summed E-state index contributed by atoms with van der Waals surface area (Å²) in [7, 11) is 0. The molecular formula is C12H11FN4O2. The number of nitrogens with two attached hydrogens (primary N) is 1. The number of anilines is 1. The van der Waals surface area contributed by atoms with Crippen molar-refractivity contribution in [2.45, 2.75) is 5.92 Å². The fourth-order valence-electron chi connectivity index (χ4n) is 1.62. The molecule has 1 heterocycles. The van der Waals surface area contributed by atoms with Crippen LogP contribution >= 0.6 is 0 Å². The minimum atomic E-state index is -1.20. The lowest BCUT2D eigenvalue weighted by Gasteiger charge is -2.12. The molecule has 1 aromatic heterocycles. The molecule has 2 aromatic rings. The van der Waals surface area contributed by atoms with Crippen molar-refractivity contribution < 1.29 is 14.0 Å². The van der Waals surface area contributed by atoms with Gasteiger partial charge in [-0.05, 0) is 17.7 Å². The average Bonchev–Trinajstić information content (AvgIpc) is 2.84. The fraction of sp³-hybridized carbons (Fsp3) is 0.0833. The molecule has 98 valence electrons. The summed E-state index contributed by atoms with van der Waals surface area (Å²) in [5.41, 5.74) is 5.53. The number of primary amides is 1. The zero-order chi connectivity index (χ0) is 13.8. The molecule has 1 unspecified atom stereocenters. The van der Waals surface area contributed by atoms with Crippen molar-refractivity contribution in [1.29, 1.82) is 0 Å². The number of aromatic amines is 1. The van der Waals surface area contributed by atoms with Crippen LogP contribution in [0.25, 0.3) is 0 Å². The molecule has 6 nitrogen and oxygen atoms in total. The summed E-state index contributed by atoms with van der Waals surface area (Å²) in [5.74, 6) is -2.91. The lowest BCUT2D eigenvalue weighted by Crippen LogP contribution is -2.32. The van der Waals surface area contributed by atoms with E-state index in [1.165, 1.54) is 24.5 Å². The molecule has 1 atom stereocenters. The quantitative estimate of drug-likeness (QED) is 0.709. The summed E-state index contributed by atoms with van der Waals surface area (Å²) in [6, 6.07) is 5.00. The van der Waals surface area contributed by atoms with Crippen LogP contribution in [0, 0.1) is 5.82 Å². The van der Waals surface area contributed by atoms with Crippen molar-refractivity contribution in [2.75, 3.05) is 5.32 Å². The minimum Gasteiger partial charge on any atom is -0.369 e. The molecule has 0 spiro atoms. The SMILES string of the molecule is NC(=O)C(C(=O)Nc1ncc[nH]1)c1ccc(F)cc1. The van der Waals surface area contributed by atoms with Gasteiger partial charge in [0, 0.05) is 12.4 Å². The lowest BCUT2D eigenvalue weighted by molar-refractivity contribution is -0.127. The van der Waals surface area contributed by atoms with Gasteiger partial charge in [0.2, 0.25) is 17.8 Å². The Labute approximate surface area is 107 Å². The smallest absolute Gasteiger partial charge is 0.243 e. The van der Waals surface area contributed by atoms with Gasteiger partial charge in [0.1, 0.15) is 11.7 Å². The third kappa shape index (κ3) is 2.95. The van der Waals surface area contributed by atoms with E-state index in [0.717, 1.165) is 12.1 Å². The number of hydrogen-bond donors (Lipinski definition) is 3. The number of benzene rings is 1. The average molecular weight is 262 g/mol. The van der Waals surface area contributed by atoms with E-state index in [4.69, 9.17) is 5.73 Å². The van der Waals surface area contributed by atoms with Crippen molar-refractivity contribution >= 4 is 17.8 Å². The number of carbonyl (C=O) groups is 2. The van der Waals surface area contributed by atoms with E-state index in [0.29, 0.717) is 5.56 Å². The van der Waals surface area contributed by atoms with Gasteiger partial charge in [-0.25, -0.2) is 9.37 Å². The predicted octanol–water partition coefficient (Wildman–Crippen LogP) is 0.756. The van der Waals surface area contributed by atoms with Crippen molar-refractivity contribution in [3.8, 4) is 0 Å². The monoisotopic (exact) mass is 262 g/mol. The number of rotatable bonds is 4. The number of carbonyl (C=O) groups excluding carboxylic acids is 2. The highest BCUT2D eigenvalue weighted by atomic mass is 19.1. The number of nitrogens with zero attached hydrogens (tertiary/aromatic N) is 1. The molecule has 0 aliphatic rings. The molecule has 0 saturated carbocycles. The highest BCUT2D eigenvalue weighted by Crippen LogP contribution is 2.17. The molecule has 2 rings (SSSR count). The van der Waals surface area contributed by atoms with Gasteiger partial charge in [0.25, 0.3) is 0 Å². The molecule has 2 amide bonds. The van der Waals surface area contributed by atoms with Crippen LogP contribution in [-0.4, -0.2) is 21.8 Å². The van der Waals surface area contributed by atoms with Crippen LogP contribution in [0.5, 0.6) is 0 Å². The number of amides is 2. The lowest BCUT2D eigenvalue weighted by atomic mass is 9.97. The van der Waals surface area contributed by atoms with Gasteiger partial charge < -0.3 is 10.7 Å². The fourth-order valence-corrected chi connectivity index (χ4v) is 1.62. The number of imidazole rings is 1. The summed E-state index contributed by atoms with van der Waals surface area (Å²) in [5, 5.41) is 2.42. The maximum Gasteiger partial charge on any atom is 0.243 e. The van der Waals surface area contributed by atoms with Crippen molar-refractivity contribution in [3.05, 3.63) is 48.0 Å². The van der Waals surface area contributed by atoms with Crippen LogP contribution in [0.2, 0.25) is 0 Å². The van der Waals surface area contributed by atoms with Gasteiger partial charge in [-0.1, -0.05) is 12.1 Å². The maximum absolute atomic E-state index is 12.8. The van der Waals surface area contributed by atoms with Crippen molar-refractivity contribution in [2.24, 2.45) is 5.73 Å². The van der Waals surface area contributed by atoms with Crippen LogP contribution in [0.1, 0.15) is 11.5 Å². The Morgan fingerprint density at radius 2 is 2.00 bits per heavy atom. The first-order chi connectivity index (χ1) is 9.08. The highest BCUT2D eigenvalue weighted by Gasteiger charge is 2.26. The Balaban J connectivity index is 2.22. The summed E-state index contributed by atoms with van der Waals surface area (Å²) in [6.07, 6.45) is 2.97. The van der Waals surface area contributed by atoms with Gasteiger partial charge in [0.05, 0.1) is 0 Å². The Morgan fingerprint density at radius 3 is 2.53 bits per heavy atom. The molecule has 1 aromatic carbocycles. The summed E-state index contributed by atoms with van der Waals surface area (Å²) in [6.45, 7) is 0. The number of halogens is 1. The molecule has 4 N–H and O–H groups in total. The molecule has 0 radical (unpaired) electrons. The Hall–Kier alpha value is -2.70. The zero-order valence-electron chi connectivity index (χ0n) is 9.76. The molecular weight excluding hydrogens is 251 g/mol. The number of aromatic nitrogens is 2. The predicted molar refractivity (Wildman–Crippen MR) is 65.6 cm³/mol. The van der Waals surface area contributed by atoms with Gasteiger partial charge in [-0.3, -0.25) is 14.9 Å². The molecule has 0 fully saturated rings. The first kappa shape index (κ1) is 12.7. The van der Waals surface area contributed by atoms with Gasteiger partial charge in [-0.2, -0.15) is 0 Å². The topological polar surface area (TPSA) is 101 Å². The molecule has 7 heteroatoms. The first-order valence-corrected chi connectivity index (χ1v) is 5.43. The van der Waals surface area contributed by atoms with Crippen molar-refractivity contribution in [1.82, 2.24) is 9.97 Å². The molecule has 0 aliphatic carbocycles. The second-order valence-electron chi connectivity index (χ2n) is 3.81. The highest BCUT2D eigenvalue weighted by molar-refractivity contribution is 6.10. The normalized spacial score (nSPS) is 11.8. The Kier molecular flexibility index (Phi) is 3.56. The summed E-state index contributed by atoms with van der Waals surface area (Å²) in [4.78, 5) is 29.8. The van der Waals surface area contributed by atoms with Crippen LogP contribution in [0.3, 0.4) is 0 Å². The van der Waals surface area contributed by atoms with Gasteiger partial charge in [0.15, 0.2) is 0 Å². The van der Waals surface area contributed by atoms with Crippen LogP contribution < -0.4 is 11.1 Å².